The molecule has 4 aromatic rings. The van der Waals surface area contributed by atoms with Crippen LogP contribution in [-0.2, 0) is 22.7 Å². The molecule has 0 unspecified atom stereocenters. The van der Waals surface area contributed by atoms with Crippen LogP contribution in [0.25, 0.3) is 6.08 Å². The molecule has 0 saturated carbocycles. The fraction of sp³-hybridized carbons (Fsp3) is 0.138. The molecule has 39 heavy (non-hydrogen) atoms. The minimum absolute atomic E-state index is 0.0865. The molecule has 5 rings (SSSR count). The summed E-state index contributed by atoms with van der Waals surface area (Å²) in [4.78, 5) is 31.8. The highest BCUT2D eigenvalue weighted by Crippen LogP contribution is 2.37. The lowest BCUT2D eigenvalue weighted by Crippen LogP contribution is -2.28. The number of rotatable bonds is 9. The van der Waals surface area contributed by atoms with Crippen molar-refractivity contribution in [1.82, 2.24) is 4.90 Å². The predicted octanol–water partition coefficient (Wildman–Crippen LogP) is 6.05. The molecule has 0 bridgehead atoms. The standard InChI is InChI=1S/C29H24N2O7S/c1-34-25-15-19(10-12-23(25)37-18-22-11-13-24(38-22)28(33)35-2)16-26-27(32)31(17-21-9-6-14-36-21)29(39-26)30-20-7-4-3-5-8-20/h3-16H,17-18H2,1-2H3/b26-16+,30-29?. The Morgan fingerprint density at radius 2 is 1.85 bits per heavy atom. The summed E-state index contributed by atoms with van der Waals surface area (Å²) in [7, 11) is 2.82. The van der Waals surface area contributed by atoms with E-state index in [1.54, 1.807) is 41.5 Å². The fourth-order valence-corrected chi connectivity index (χ4v) is 4.76. The first-order valence-electron chi connectivity index (χ1n) is 11.9. The van der Waals surface area contributed by atoms with Gasteiger partial charge in [-0.3, -0.25) is 9.69 Å². The maximum absolute atomic E-state index is 13.4. The van der Waals surface area contributed by atoms with Crippen LogP contribution in [-0.4, -0.2) is 36.2 Å². The van der Waals surface area contributed by atoms with E-state index in [4.69, 9.17) is 23.3 Å². The molecular weight excluding hydrogens is 520 g/mol. The van der Waals surface area contributed by atoms with E-state index >= 15 is 0 Å². The van der Waals surface area contributed by atoms with Crippen LogP contribution in [0.15, 0.2) is 97.8 Å². The predicted molar refractivity (Wildman–Crippen MR) is 146 cm³/mol. The van der Waals surface area contributed by atoms with Crippen molar-refractivity contribution in [2.24, 2.45) is 4.99 Å². The number of benzene rings is 2. The Morgan fingerprint density at radius 3 is 2.59 bits per heavy atom. The van der Waals surface area contributed by atoms with Crippen molar-refractivity contribution in [3.8, 4) is 11.5 Å². The van der Waals surface area contributed by atoms with E-state index in [9.17, 15) is 9.59 Å². The van der Waals surface area contributed by atoms with Gasteiger partial charge in [0, 0.05) is 0 Å². The van der Waals surface area contributed by atoms with Crippen LogP contribution in [0.4, 0.5) is 5.69 Å². The molecule has 1 saturated heterocycles. The number of hydrogen-bond donors (Lipinski definition) is 0. The summed E-state index contributed by atoms with van der Waals surface area (Å²) in [6, 6.07) is 21.6. The summed E-state index contributed by atoms with van der Waals surface area (Å²) in [5, 5.41) is 0.561. The van der Waals surface area contributed by atoms with Crippen LogP contribution in [0, 0.1) is 0 Å². The molecule has 0 aliphatic carbocycles. The molecule has 198 valence electrons. The van der Waals surface area contributed by atoms with Gasteiger partial charge in [-0.25, -0.2) is 9.79 Å². The average Bonchev–Trinajstić information content (AvgIpc) is 3.71. The molecule has 0 N–H and O–H groups in total. The van der Waals surface area contributed by atoms with E-state index in [0.29, 0.717) is 33.1 Å². The van der Waals surface area contributed by atoms with Crippen LogP contribution < -0.4 is 9.47 Å². The Kier molecular flexibility index (Phi) is 7.83. The normalized spacial score (nSPS) is 15.2. The van der Waals surface area contributed by atoms with Gasteiger partial charge in [-0.1, -0.05) is 24.3 Å². The first-order chi connectivity index (χ1) is 19.0. The lowest BCUT2D eigenvalue weighted by Gasteiger charge is -2.13. The van der Waals surface area contributed by atoms with Crippen LogP contribution in [0.5, 0.6) is 11.5 Å². The second kappa shape index (κ2) is 11.8. The molecule has 2 aromatic carbocycles. The summed E-state index contributed by atoms with van der Waals surface area (Å²) in [5.41, 5.74) is 1.50. The number of amides is 1. The molecule has 1 amide bonds. The van der Waals surface area contributed by atoms with E-state index in [-0.39, 0.29) is 24.8 Å². The summed E-state index contributed by atoms with van der Waals surface area (Å²) >= 11 is 1.29. The van der Waals surface area contributed by atoms with Crippen LogP contribution in [0.3, 0.4) is 0 Å². The van der Waals surface area contributed by atoms with E-state index in [1.165, 1.54) is 32.0 Å². The van der Waals surface area contributed by atoms with Gasteiger partial charge in [0.25, 0.3) is 5.91 Å². The quantitative estimate of drug-likeness (QED) is 0.185. The van der Waals surface area contributed by atoms with Gasteiger partial charge in [0.15, 0.2) is 16.7 Å². The highest BCUT2D eigenvalue weighted by Gasteiger charge is 2.34. The fourth-order valence-electron chi connectivity index (χ4n) is 3.76. The van der Waals surface area contributed by atoms with Crippen molar-refractivity contribution in [3.05, 3.63) is 107 Å². The molecule has 0 radical (unpaired) electrons. The summed E-state index contributed by atoms with van der Waals surface area (Å²) in [5.74, 6) is 1.43. The molecular formula is C29H24N2O7S. The Balaban J connectivity index is 1.36. The van der Waals surface area contributed by atoms with E-state index in [2.05, 4.69) is 4.74 Å². The first-order valence-corrected chi connectivity index (χ1v) is 12.7. The lowest BCUT2D eigenvalue weighted by molar-refractivity contribution is -0.122. The molecule has 3 heterocycles. The molecule has 1 aliphatic rings. The van der Waals surface area contributed by atoms with Crippen LogP contribution in [0.2, 0.25) is 0 Å². The maximum atomic E-state index is 13.4. The largest absolute Gasteiger partial charge is 0.493 e. The highest BCUT2D eigenvalue weighted by molar-refractivity contribution is 8.18. The van der Waals surface area contributed by atoms with Crippen molar-refractivity contribution < 1.29 is 32.6 Å². The van der Waals surface area contributed by atoms with E-state index < -0.39 is 5.97 Å². The van der Waals surface area contributed by atoms with Gasteiger partial charge in [-0.05, 0) is 71.9 Å². The summed E-state index contributed by atoms with van der Waals surface area (Å²) in [6.07, 6.45) is 3.37. The minimum Gasteiger partial charge on any atom is -0.493 e. The smallest absolute Gasteiger partial charge is 0.373 e. The molecule has 10 heteroatoms. The van der Waals surface area contributed by atoms with Crippen LogP contribution >= 0.6 is 11.8 Å². The molecule has 1 aliphatic heterocycles. The van der Waals surface area contributed by atoms with Gasteiger partial charge in [0.2, 0.25) is 5.76 Å². The number of para-hydroxylation sites is 1. The monoisotopic (exact) mass is 544 g/mol. The average molecular weight is 545 g/mol. The second-order valence-electron chi connectivity index (χ2n) is 8.27. The van der Waals surface area contributed by atoms with Gasteiger partial charge < -0.3 is 23.0 Å². The van der Waals surface area contributed by atoms with Gasteiger partial charge in [0.05, 0.1) is 37.6 Å². The Labute approximate surface area is 228 Å². The lowest BCUT2D eigenvalue weighted by atomic mass is 10.2. The second-order valence-corrected chi connectivity index (χ2v) is 9.28. The SMILES string of the molecule is COC(=O)c1ccc(COc2ccc(/C=C3/SC(=Nc4ccccc4)N(Cc4ccco4)C3=O)cc2OC)o1. The number of hydrogen-bond acceptors (Lipinski definition) is 9. The third-order valence-electron chi connectivity index (χ3n) is 5.67. The maximum Gasteiger partial charge on any atom is 0.373 e. The number of carbonyl (C=O) groups excluding carboxylic acids is 2. The molecule has 0 spiro atoms. The number of esters is 1. The van der Waals surface area contributed by atoms with Gasteiger partial charge in [-0.2, -0.15) is 0 Å². The summed E-state index contributed by atoms with van der Waals surface area (Å²) < 4.78 is 26.9. The van der Waals surface area contributed by atoms with Crippen molar-refractivity contribution in [2.45, 2.75) is 13.2 Å². The zero-order valence-corrected chi connectivity index (χ0v) is 22.0. The van der Waals surface area contributed by atoms with Crippen LogP contribution in [0.1, 0.15) is 27.6 Å². The third kappa shape index (κ3) is 6.07. The Hall–Kier alpha value is -4.70. The number of amidine groups is 1. The molecule has 9 nitrogen and oxygen atoms in total. The molecule has 1 fully saturated rings. The van der Waals surface area contributed by atoms with E-state index in [1.807, 2.05) is 42.5 Å². The Bertz CT molecular complexity index is 1520. The van der Waals surface area contributed by atoms with Gasteiger partial charge in [-0.15, -0.1) is 0 Å². The van der Waals surface area contributed by atoms with E-state index in [0.717, 1.165) is 11.3 Å². The van der Waals surface area contributed by atoms with Crippen molar-refractivity contribution in [1.29, 1.82) is 0 Å². The number of aliphatic imine (C=N–C) groups is 1. The highest BCUT2D eigenvalue weighted by atomic mass is 32.2. The Morgan fingerprint density at radius 1 is 1.00 bits per heavy atom. The number of furan rings is 2. The zero-order chi connectivity index (χ0) is 27.2. The number of methoxy groups -OCH3 is 2. The van der Waals surface area contributed by atoms with Crippen molar-refractivity contribution in [3.63, 3.8) is 0 Å². The summed E-state index contributed by atoms with van der Waals surface area (Å²) in [6.45, 7) is 0.353. The van der Waals surface area contributed by atoms with Gasteiger partial charge >= 0.3 is 5.97 Å². The molecule has 2 aromatic heterocycles. The number of ether oxygens (including phenoxy) is 3. The van der Waals surface area contributed by atoms with Crippen molar-refractivity contribution >= 4 is 40.6 Å². The number of carbonyl (C=O) groups is 2. The zero-order valence-electron chi connectivity index (χ0n) is 21.2. The number of thioether (sulfide) groups is 1. The topological polar surface area (TPSA) is 104 Å². The van der Waals surface area contributed by atoms with Gasteiger partial charge in [0.1, 0.15) is 18.1 Å². The number of nitrogens with zero attached hydrogens (tertiary/aromatic N) is 2. The first kappa shape index (κ1) is 25.9. The van der Waals surface area contributed by atoms with Crippen molar-refractivity contribution in [2.75, 3.05) is 14.2 Å². The third-order valence-corrected chi connectivity index (χ3v) is 6.67. The minimum atomic E-state index is -0.560. The molecule has 0 atom stereocenters.